The third kappa shape index (κ3) is 3.07. The molecule has 0 aromatic heterocycles. The molecule has 0 radical (unpaired) electrons. The maximum absolute atomic E-state index is 3.54. The summed E-state index contributed by atoms with van der Waals surface area (Å²) >= 11 is 3.54. The van der Waals surface area contributed by atoms with Gasteiger partial charge in [0.25, 0.3) is 0 Å². The summed E-state index contributed by atoms with van der Waals surface area (Å²) in [5.41, 5.74) is 5.11. The van der Waals surface area contributed by atoms with Gasteiger partial charge in [0.15, 0.2) is 0 Å². The van der Waals surface area contributed by atoms with Gasteiger partial charge < -0.3 is 0 Å². The van der Waals surface area contributed by atoms with E-state index in [4.69, 9.17) is 0 Å². The van der Waals surface area contributed by atoms with Gasteiger partial charge in [0, 0.05) is 4.47 Å². The smallest absolute Gasteiger partial charge is 0.0247 e. The molecule has 2 aromatic rings. The lowest BCUT2D eigenvalue weighted by Gasteiger charge is -2.01. The molecule has 0 aliphatic rings. The fourth-order valence-electron chi connectivity index (χ4n) is 1.66. The molecule has 0 N–H and O–H groups in total. The second-order valence-electron chi connectivity index (χ2n) is 4.20. The van der Waals surface area contributed by atoms with Gasteiger partial charge in [-0.15, -0.1) is 0 Å². The predicted molar refractivity (Wildman–Crippen MR) is 79.0 cm³/mol. The lowest BCUT2D eigenvalue weighted by molar-refractivity contribution is 1.33. The van der Waals surface area contributed by atoms with Gasteiger partial charge >= 0.3 is 0 Å². The maximum Gasteiger partial charge on any atom is 0.0247 e. The Hall–Kier alpha value is -1.34. The van der Waals surface area contributed by atoms with E-state index in [0.717, 1.165) is 4.47 Å². The van der Waals surface area contributed by atoms with Gasteiger partial charge in [0.1, 0.15) is 0 Å². The first-order chi connectivity index (χ1) is 8.16. The molecular weight excluding hydrogens is 272 g/mol. The van der Waals surface area contributed by atoms with E-state index < -0.39 is 0 Å². The molecule has 0 bridgehead atoms. The molecule has 0 aliphatic heterocycles. The van der Waals surface area contributed by atoms with Gasteiger partial charge in [0.2, 0.25) is 0 Å². The fraction of sp³-hybridized carbons (Fsp3) is 0.125. The van der Waals surface area contributed by atoms with Crippen LogP contribution in [0.2, 0.25) is 0 Å². The minimum absolute atomic E-state index is 1.13. The Morgan fingerprint density at radius 1 is 0.882 bits per heavy atom. The van der Waals surface area contributed by atoms with Crippen molar-refractivity contribution in [3.63, 3.8) is 0 Å². The number of hydrogen-bond donors (Lipinski definition) is 0. The van der Waals surface area contributed by atoms with Crippen molar-refractivity contribution in [3.8, 4) is 0 Å². The molecule has 0 amide bonds. The Morgan fingerprint density at radius 2 is 1.65 bits per heavy atom. The second-order valence-corrected chi connectivity index (χ2v) is 5.05. The van der Waals surface area contributed by atoms with E-state index >= 15 is 0 Å². The lowest BCUT2D eigenvalue weighted by atomic mass is 10.1. The Morgan fingerprint density at radius 3 is 2.35 bits per heavy atom. The van der Waals surface area contributed by atoms with Crippen LogP contribution in [0.4, 0.5) is 0 Å². The molecule has 0 atom stereocenters. The molecule has 0 saturated heterocycles. The summed E-state index contributed by atoms with van der Waals surface area (Å²) in [6.07, 6.45) is 4.28. The van der Waals surface area contributed by atoms with Crippen LogP contribution in [0.5, 0.6) is 0 Å². The van der Waals surface area contributed by atoms with Crippen LogP contribution < -0.4 is 0 Å². The summed E-state index contributed by atoms with van der Waals surface area (Å²) in [7, 11) is 0. The first kappa shape index (κ1) is 12.1. The van der Waals surface area contributed by atoms with Crippen molar-refractivity contribution in [2.45, 2.75) is 13.8 Å². The minimum atomic E-state index is 1.13. The quantitative estimate of drug-likeness (QED) is 0.663. The SMILES string of the molecule is Cc1ccc(/C=C/c2ccccc2Br)cc1C. The monoisotopic (exact) mass is 286 g/mol. The summed E-state index contributed by atoms with van der Waals surface area (Å²) in [4.78, 5) is 0. The van der Waals surface area contributed by atoms with E-state index in [2.05, 4.69) is 72.3 Å². The molecule has 0 spiro atoms. The van der Waals surface area contributed by atoms with Gasteiger partial charge in [0.05, 0.1) is 0 Å². The highest BCUT2D eigenvalue weighted by Gasteiger charge is 1.95. The van der Waals surface area contributed by atoms with E-state index in [9.17, 15) is 0 Å². The van der Waals surface area contributed by atoms with E-state index in [1.54, 1.807) is 0 Å². The highest BCUT2D eigenvalue weighted by atomic mass is 79.9. The van der Waals surface area contributed by atoms with Gasteiger partial charge in [-0.3, -0.25) is 0 Å². The molecule has 0 fully saturated rings. The Bertz CT molecular complexity index is 553. The van der Waals surface area contributed by atoms with Crippen LogP contribution in [-0.2, 0) is 0 Å². The van der Waals surface area contributed by atoms with Crippen molar-refractivity contribution < 1.29 is 0 Å². The second kappa shape index (κ2) is 5.33. The average Bonchev–Trinajstić information content (AvgIpc) is 2.32. The Balaban J connectivity index is 2.26. The topological polar surface area (TPSA) is 0 Å². The molecule has 0 nitrogen and oxygen atoms in total. The van der Waals surface area contributed by atoms with Crippen molar-refractivity contribution in [2.24, 2.45) is 0 Å². The van der Waals surface area contributed by atoms with Gasteiger partial charge in [-0.05, 0) is 42.2 Å². The van der Waals surface area contributed by atoms with Gasteiger partial charge in [-0.2, -0.15) is 0 Å². The number of benzene rings is 2. The molecule has 0 aliphatic carbocycles. The van der Waals surface area contributed by atoms with Crippen LogP contribution in [0, 0.1) is 13.8 Å². The van der Waals surface area contributed by atoms with E-state index in [1.165, 1.54) is 22.3 Å². The number of rotatable bonds is 2. The van der Waals surface area contributed by atoms with E-state index in [-0.39, 0.29) is 0 Å². The van der Waals surface area contributed by atoms with E-state index in [1.807, 2.05) is 12.1 Å². The first-order valence-corrected chi connectivity index (χ1v) is 6.46. The molecule has 0 unspecified atom stereocenters. The molecule has 2 aromatic carbocycles. The number of aryl methyl sites for hydroxylation is 2. The number of halogens is 1. The lowest BCUT2D eigenvalue weighted by Crippen LogP contribution is -1.81. The molecule has 2 rings (SSSR count). The average molecular weight is 287 g/mol. The Labute approximate surface area is 111 Å². The van der Waals surface area contributed by atoms with Crippen molar-refractivity contribution in [1.29, 1.82) is 0 Å². The van der Waals surface area contributed by atoms with E-state index in [0.29, 0.717) is 0 Å². The highest BCUT2D eigenvalue weighted by Crippen LogP contribution is 2.19. The summed E-state index contributed by atoms with van der Waals surface area (Å²) in [5, 5.41) is 0. The molecule has 0 saturated carbocycles. The largest absolute Gasteiger partial charge is 0.0616 e. The zero-order chi connectivity index (χ0) is 12.3. The first-order valence-electron chi connectivity index (χ1n) is 5.67. The van der Waals surface area contributed by atoms with Crippen molar-refractivity contribution >= 4 is 28.1 Å². The minimum Gasteiger partial charge on any atom is -0.0616 e. The molecule has 1 heteroatoms. The van der Waals surface area contributed by atoms with Gasteiger partial charge in [-0.25, -0.2) is 0 Å². The third-order valence-corrected chi connectivity index (χ3v) is 3.61. The van der Waals surface area contributed by atoms with Crippen LogP contribution >= 0.6 is 15.9 Å². The summed E-state index contributed by atoms with van der Waals surface area (Å²) in [6, 6.07) is 14.7. The van der Waals surface area contributed by atoms with Gasteiger partial charge in [-0.1, -0.05) is 64.5 Å². The normalized spacial score (nSPS) is 11.0. The highest BCUT2D eigenvalue weighted by molar-refractivity contribution is 9.10. The molecule has 17 heavy (non-hydrogen) atoms. The molecule has 86 valence electrons. The maximum atomic E-state index is 3.54. The fourth-order valence-corrected chi connectivity index (χ4v) is 2.08. The van der Waals surface area contributed by atoms with Crippen LogP contribution in [-0.4, -0.2) is 0 Å². The Kier molecular flexibility index (Phi) is 3.80. The standard InChI is InChI=1S/C16H15Br/c1-12-7-8-14(11-13(12)2)9-10-15-5-3-4-6-16(15)17/h3-11H,1-2H3/b10-9+. The molecular formula is C16H15Br. The zero-order valence-corrected chi connectivity index (χ0v) is 11.7. The van der Waals surface area contributed by atoms with Crippen molar-refractivity contribution in [1.82, 2.24) is 0 Å². The predicted octanol–water partition coefficient (Wildman–Crippen LogP) is 5.24. The van der Waals surface area contributed by atoms with Crippen LogP contribution in [0.3, 0.4) is 0 Å². The van der Waals surface area contributed by atoms with Crippen molar-refractivity contribution in [3.05, 3.63) is 69.2 Å². The van der Waals surface area contributed by atoms with Crippen LogP contribution in [0.25, 0.3) is 12.2 Å². The summed E-state index contributed by atoms with van der Waals surface area (Å²) < 4.78 is 1.13. The van der Waals surface area contributed by atoms with Crippen LogP contribution in [0.1, 0.15) is 22.3 Å². The molecule has 0 heterocycles. The summed E-state index contributed by atoms with van der Waals surface area (Å²) in [6.45, 7) is 4.28. The van der Waals surface area contributed by atoms with Crippen LogP contribution in [0.15, 0.2) is 46.9 Å². The zero-order valence-electron chi connectivity index (χ0n) is 10.1. The number of hydrogen-bond acceptors (Lipinski definition) is 0. The third-order valence-electron chi connectivity index (χ3n) is 2.89. The summed E-state index contributed by atoms with van der Waals surface area (Å²) in [5.74, 6) is 0. The van der Waals surface area contributed by atoms with Crippen molar-refractivity contribution in [2.75, 3.05) is 0 Å².